The molecule has 0 aliphatic carbocycles. The molecule has 0 aromatic heterocycles. The summed E-state index contributed by atoms with van der Waals surface area (Å²) in [4.78, 5) is 3.78. The van der Waals surface area contributed by atoms with Crippen molar-refractivity contribution in [2.24, 2.45) is 4.99 Å². The van der Waals surface area contributed by atoms with E-state index in [4.69, 9.17) is 0 Å². The monoisotopic (exact) mass is 267 g/mol. The molecule has 2 aromatic carbocycles. The van der Waals surface area contributed by atoms with Crippen LogP contribution in [0, 0.1) is 23.3 Å². The molecule has 0 N–H and O–H groups in total. The summed E-state index contributed by atoms with van der Waals surface area (Å²) in [5.41, 5.74) is 0.00451. The van der Waals surface area contributed by atoms with E-state index in [9.17, 15) is 17.6 Å². The number of hydrogen-bond acceptors (Lipinski definition) is 1. The highest BCUT2D eigenvalue weighted by atomic mass is 19.2. The van der Waals surface area contributed by atoms with E-state index in [1.165, 1.54) is 0 Å². The first-order valence-electron chi connectivity index (χ1n) is 5.46. The highest BCUT2D eigenvalue weighted by molar-refractivity contribution is 5.80. The van der Waals surface area contributed by atoms with Crippen LogP contribution in [0.1, 0.15) is 11.1 Å². The number of hydrogen-bond donors (Lipinski definition) is 0. The normalized spacial score (nSPS) is 11.2. The second-order valence-electron chi connectivity index (χ2n) is 3.84. The molecule has 0 unspecified atom stereocenters. The first-order valence-corrected chi connectivity index (χ1v) is 5.46. The highest BCUT2D eigenvalue weighted by Crippen LogP contribution is 2.17. The van der Waals surface area contributed by atoms with Gasteiger partial charge in [0.15, 0.2) is 23.3 Å². The smallest absolute Gasteiger partial charge is 0.170 e. The van der Waals surface area contributed by atoms with Crippen LogP contribution in [0.15, 0.2) is 41.4 Å². The summed E-state index contributed by atoms with van der Waals surface area (Å²) in [5.74, 6) is -5.79. The van der Waals surface area contributed by atoms with Crippen LogP contribution in [-0.4, -0.2) is 6.21 Å². The molecule has 0 saturated carbocycles. The standard InChI is InChI=1S/C14H9F4N/c15-11-6-12(16)14(18)10(13(11)17)8-19-7-9-4-2-1-3-5-9/h1-6,8H,7H2. The van der Waals surface area contributed by atoms with Crippen molar-refractivity contribution in [3.8, 4) is 0 Å². The fourth-order valence-corrected chi connectivity index (χ4v) is 1.53. The van der Waals surface area contributed by atoms with Crippen LogP contribution in [0.3, 0.4) is 0 Å². The van der Waals surface area contributed by atoms with Crippen molar-refractivity contribution in [3.63, 3.8) is 0 Å². The number of aliphatic imine (C=N–C) groups is 1. The maximum Gasteiger partial charge on any atom is 0.170 e. The Morgan fingerprint density at radius 1 is 0.895 bits per heavy atom. The molecule has 98 valence electrons. The first kappa shape index (κ1) is 13.3. The number of rotatable bonds is 3. The van der Waals surface area contributed by atoms with Crippen molar-refractivity contribution in [3.05, 3.63) is 70.8 Å². The second kappa shape index (κ2) is 5.65. The third kappa shape index (κ3) is 2.99. The lowest BCUT2D eigenvalue weighted by Gasteiger charge is -2.02. The summed E-state index contributed by atoms with van der Waals surface area (Å²) < 4.78 is 52.4. The zero-order valence-corrected chi connectivity index (χ0v) is 9.71. The van der Waals surface area contributed by atoms with Crippen LogP contribution in [0.4, 0.5) is 17.6 Å². The summed E-state index contributed by atoms with van der Waals surface area (Å²) in [6, 6.07) is 9.10. The van der Waals surface area contributed by atoms with Crippen LogP contribution in [0.2, 0.25) is 0 Å². The number of halogens is 4. The second-order valence-corrected chi connectivity index (χ2v) is 3.84. The van der Waals surface area contributed by atoms with E-state index in [-0.39, 0.29) is 12.6 Å². The molecule has 0 radical (unpaired) electrons. The summed E-state index contributed by atoms with van der Waals surface area (Å²) in [7, 11) is 0. The Morgan fingerprint density at radius 3 is 2.05 bits per heavy atom. The minimum atomic E-state index is -1.45. The van der Waals surface area contributed by atoms with E-state index in [0.717, 1.165) is 11.8 Å². The predicted octanol–water partition coefficient (Wildman–Crippen LogP) is 3.86. The van der Waals surface area contributed by atoms with Gasteiger partial charge in [-0.15, -0.1) is 0 Å². The molecular weight excluding hydrogens is 258 g/mol. The molecule has 1 nitrogen and oxygen atoms in total. The molecule has 0 fully saturated rings. The minimum Gasteiger partial charge on any atom is -0.288 e. The van der Waals surface area contributed by atoms with Crippen molar-refractivity contribution in [2.75, 3.05) is 0 Å². The highest BCUT2D eigenvalue weighted by Gasteiger charge is 2.17. The molecule has 0 atom stereocenters. The Kier molecular flexibility index (Phi) is 3.94. The van der Waals surface area contributed by atoms with Crippen molar-refractivity contribution in [2.45, 2.75) is 6.54 Å². The Labute approximate surface area is 107 Å². The van der Waals surface area contributed by atoms with Gasteiger partial charge < -0.3 is 0 Å². The SMILES string of the molecule is Fc1cc(F)c(F)c(C=NCc2ccccc2)c1F. The summed E-state index contributed by atoms with van der Waals surface area (Å²) in [6.45, 7) is 0.165. The molecule has 0 spiro atoms. The zero-order valence-electron chi connectivity index (χ0n) is 9.71. The minimum absolute atomic E-state index is 0.165. The fourth-order valence-electron chi connectivity index (χ4n) is 1.53. The average molecular weight is 267 g/mol. The molecule has 2 aromatic rings. The largest absolute Gasteiger partial charge is 0.288 e. The molecule has 0 aliphatic heterocycles. The number of nitrogens with zero attached hydrogens (tertiary/aromatic N) is 1. The predicted molar refractivity (Wildman–Crippen MR) is 64.0 cm³/mol. The lowest BCUT2D eigenvalue weighted by Crippen LogP contribution is -2.01. The lowest BCUT2D eigenvalue weighted by atomic mass is 10.2. The molecule has 0 bridgehead atoms. The van der Waals surface area contributed by atoms with Crippen LogP contribution >= 0.6 is 0 Å². The third-order valence-corrected chi connectivity index (χ3v) is 2.48. The number of benzene rings is 2. The molecule has 0 aliphatic rings. The van der Waals surface area contributed by atoms with E-state index >= 15 is 0 Å². The molecule has 19 heavy (non-hydrogen) atoms. The quantitative estimate of drug-likeness (QED) is 0.455. The van der Waals surface area contributed by atoms with Gasteiger partial charge in [-0.25, -0.2) is 17.6 Å². The molecule has 0 heterocycles. The maximum absolute atomic E-state index is 13.3. The molecule has 5 heteroatoms. The van der Waals surface area contributed by atoms with Gasteiger partial charge in [0.2, 0.25) is 0 Å². The van der Waals surface area contributed by atoms with Gasteiger partial charge in [-0.05, 0) is 5.56 Å². The topological polar surface area (TPSA) is 12.4 Å². The van der Waals surface area contributed by atoms with Crippen molar-refractivity contribution in [1.82, 2.24) is 0 Å². The van der Waals surface area contributed by atoms with Gasteiger partial charge in [-0.2, -0.15) is 0 Å². The van der Waals surface area contributed by atoms with Crippen LogP contribution in [-0.2, 0) is 6.54 Å². The van der Waals surface area contributed by atoms with E-state index in [1.807, 2.05) is 6.07 Å². The molecule has 0 amide bonds. The molecule has 0 saturated heterocycles. The summed E-state index contributed by atoms with van der Waals surface area (Å²) in [6.07, 6.45) is 0.795. The average Bonchev–Trinajstić information content (AvgIpc) is 2.42. The van der Waals surface area contributed by atoms with Crippen LogP contribution < -0.4 is 0 Å². The van der Waals surface area contributed by atoms with E-state index in [0.29, 0.717) is 0 Å². The first-order chi connectivity index (χ1) is 9.09. The lowest BCUT2D eigenvalue weighted by molar-refractivity contribution is 0.452. The van der Waals surface area contributed by atoms with Gasteiger partial charge in [0.25, 0.3) is 0 Å². The maximum atomic E-state index is 13.3. The van der Waals surface area contributed by atoms with Gasteiger partial charge >= 0.3 is 0 Å². The van der Waals surface area contributed by atoms with Gasteiger partial charge in [0.1, 0.15) is 0 Å². The Bertz CT molecular complexity index is 582. The van der Waals surface area contributed by atoms with Crippen molar-refractivity contribution < 1.29 is 17.6 Å². The third-order valence-electron chi connectivity index (χ3n) is 2.48. The Hall–Kier alpha value is -2.17. The summed E-state index contributed by atoms with van der Waals surface area (Å²) in [5, 5.41) is 0. The van der Waals surface area contributed by atoms with Gasteiger partial charge in [-0.3, -0.25) is 4.99 Å². The molecular formula is C14H9F4N. The Balaban J connectivity index is 2.24. The van der Waals surface area contributed by atoms with E-state index in [2.05, 4.69) is 4.99 Å². The van der Waals surface area contributed by atoms with E-state index < -0.39 is 28.8 Å². The van der Waals surface area contributed by atoms with E-state index in [1.54, 1.807) is 24.3 Å². The molecule has 2 rings (SSSR count). The van der Waals surface area contributed by atoms with Gasteiger partial charge in [-0.1, -0.05) is 30.3 Å². The van der Waals surface area contributed by atoms with Crippen LogP contribution in [0.25, 0.3) is 0 Å². The van der Waals surface area contributed by atoms with Crippen molar-refractivity contribution >= 4 is 6.21 Å². The zero-order chi connectivity index (χ0) is 13.8. The van der Waals surface area contributed by atoms with Crippen molar-refractivity contribution in [1.29, 1.82) is 0 Å². The Morgan fingerprint density at radius 2 is 1.47 bits per heavy atom. The van der Waals surface area contributed by atoms with Crippen LogP contribution in [0.5, 0.6) is 0 Å². The van der Waals surface area contributed by atoms with Gasteiger partial charge in [0.05, 0.1) is 12.1 Å². The summed E-state index contributed by atoms with van der Waals surface area (Å²) >= 11 is 0. The van der Waals surface area contributed by atoms with Gasteiger partial charge in [0, 0.05) is 12.3 Å². The fraction of sp³-hybridized carbons (Fsp3) is 0.0714.